The van der Waals surface area contributed by atoms with E-state index in [1.165, 1.54) is 22.9 Å². The monoisotopic (exact) mass is 485 g/mol. The number of aryl methyl sites for hydroxylation is 2. The summed E-state index contributed by atoms with van der Waals surface area (Å²) in [7, 11) is -2.61. The number of nitrogens with one attached hydrogen (secondary N) is 1. The summed E-state index contributed by atoms with van der Waals surface area (Å²) in [6.07, 6.45) is 1.74. The first-order valence-electron chi connectivity index (χ1n) is 9.98. The van der Waals surface area contributed by atoms with E-state index in [1.807, 2.05) is 13.8 Å². The number of hydrogen-bond donors (Lipinski definition) is 1. The van der Waals surface area contributed by atoms with Gasteiger partial charge in [-0.2, -0.15) is 5.10 Å². The molecule has 2 aromatic heterocycles. The van der Waals surface area contributed by atoms with Crippen LogP contribution in [-0.2, 0) is 28.2 Å². The van der Waals surface area contributed by atoms with E-state index in [0.29, 0.717) is 35.1 Å². The number of amides is 1. The Hall–Kier alpha value is -1.57. The minimum atomic E-state index is -4.28. The molecule has 166 valence electrons. The third-order valence-corrected chi connectivity index (χ3v) is 5.81. The second-order valence-electron chi connectivity index (χ2n) is 6.99. The quantitative estimate of drug-likeness (QED) is 0.357. The Kier molecular flexibility index (Phi) is 9.61. The SMILES string of the molecule is CCCCOC(=O)[N-]S(=O)(=O)c1cccc(-c2nc3c(CCC)nn(C)c3c(=O)[nH]2)c1.[K+]. The fourth-order valence-corrected chi connectivity index (χ4v) is 3.95. The van der Waals surface area contributed by atoms with Crippen LogP contribution in [0.1, 0.15) is 38.8 Å². The molecular formula is C20H24KN5O5S. The van der Waals surface area contributed by atoms with E-state index < -0.39 is 16.1 Å². The predicted molar refractivity (Wildman–Crippen MR) is 115 cm³/mol. The van der Waals surface area contributed by atoms with E-state index >= 15 is 0 Å². The van der Waals surface area contributed by atoms with E-state index in [2.05, 4.69) is 19.8 Å². The minimum Gasteiger partial charge on any atom is -0.506 e. The van der Waals surface area contributed by atoms with Crippen LogP contribution in [-0.4, -0.2) is 40.9 Å². The molecule has 0 aliphatic carbocycles. The van der Waals surface area contributed by atoms with Crippen LogP contribution < -0.4 is 56.9 Å². The Bertz CT molecular complexity index is 1270. The number of rotatable bonds is 8. The number of unbranched alkanes of at least 4 members (excludes halogenated alkanes) is 1. The van der Waals surface area contributed by atoms with Crippen molar-refractivity contribution in [2.75, 3.05) is 6.61 Å². The third-order valence-electron chi connectivity index (χ3n) is 4.57. The van der Waals surface area contributed by atoms with E-state index in [9.17, 15) is 18.0 Å². The number of hydrogen-bond acceptors (Lipinski definition) is 7. The van der Waals surface area contributed by atoms with E-state index in [-0.39, 0.29) is 74.3 Å². The van der Waals surface area contributed by atoms with Gasteiger partial charge in [-0.15, -0.1) is 0 Å². The molecule has 0 fully saturated rings. The van der Waals surface area contributed by atoms with Gasteiger partial charge in [-0.1, -0.05) is 38.8 Å². The standard InChI is InChI=1S/C20H25N5O5S.K/c1-4-6-11-30-20(27)24-31(28,29)14-10-7-9-13(12-14)18-21-16-15(8-5-2)23-25(3)17(16)19(26)22-18;/h7,9-10,12H,4-6,8,11H2,1-3H3,(H2,21,22,24,26,27);/q;+1/p-1. The molecule has 0 unspecified atom stereocenters. The molecule has 0 atom stereocenters. The van der Waals surface area contributed by atoms with Crippen LogP contribution in [0.2, 0.25) is 0 Å². The van der Waals surface area contributed by atoms with Gasteiger partial charge in [0.1, 0.15) is 21.4 Å². The first kappa shape index (κ1) is 26.7. The largest absolute Gasteiger partial charge is 1.00 e. The first-order valence-corrected chi connectivity index (χ1v) is 11.4. The van der Waals surface area contributed by atoms with Crippen molar-refractivity contribution in [1.29, 1.82) is 0 Å². The molecule has 3 aromatic rings. The van der Waals surface area contributed by atoms with Gasteiger partial charge in [-0.25, -0.2) is 13.4 Å². The van der Waals surface area contributed by atoms with Crippen LogP contribution in [0.4, 0.5) is 4.79 Å². The fourth-order valence-electron chi connectivity index (χ4n) is 3.07. The van der Waals surface area contributed by atoms with Crippen molar-refractivity contribution in [3.8, 4) is 11.4 Å². The summed E-state index contributed by atoms with van der Waals surface area (Å²) in [5, 5.41) is 4.37. The van der Waals surface area contributed by atoms with Crippen molar-refractivity contribution in [3.05, 3.63) is 45.0 Å². The van der Waals surface area contributed by atoms with Gasteiger partial charge in [0, 0.05) is 12.6 Å². The van der Waals surface area contributed by atoms with Gasteiger partial charge in [0.05, 0.1) is 17.2 Å². The number of aromatic amines is 1. The van der Waals surface area contributed by atoms with Gasteiger partial charge in [-0.05, 0) is 25.0 Å². The summed E-state index contributed by atoms with van der Waals surface area (Å²) in [6.45, 7) is 4.02. The van der Waals surface area contributed by atoms with E-state index in [1.54, 1.807) is 13.1 Å². The number of H-pyrrole nitrogens is 1. The zero-order valence-corrected chi connectivity index (χ0v) is 22.5. The molecule has 1 aromatic carbocycles. The molecule has 32 heavy (non-hydrogen) atoms. The summed E-state index contributed by atoms with van der Waals surface area (Å²) in [5.41, 5.74) is 1.50. The zero-order valence-electron chi connectivity index (χ0n) is 18.6. The Morgan fingerprint density at radius 1 is 1.25 bits per heavy atom. The predicted octanol–water partition coefficient (Wildman–Crippen LogP) is 0.279. The van der Waals surface area contributed by atoms with Crippen molar-refractivity contribution >= 4 is 27.1 Å². The van der Waals surface area contributed by atoms with Gasteiger partial charge in [0.2, 0.25) is 6.09 Å². The summed E-state index contributed by atoms with van der Waals surface area (Å²) >= 11 is 0. The molecule has 0 saturated heterocycles. The van der Waals surface area contributed by atoms with Crippen molar-refractivity contribution in [2.24, 2.45) is 7.05 Å². The summed E-state index contributed by atoms with van der Waals surface area (Å²) < 4.78 is 34.5. The average molecular weight is 486 g/mol. The molecule has 2 heterocycles. The van der Waals surface area contributed by atoms with Crippen LogP contribution in [0.15, 0.2) is 34.0 Å². The molecule has 0 saturated carbocycles. The van der Waals surface area contributed by atoms with Crippen molar-refractivity contribution in [3.63, 3.8) is 0 Å². The molecular weight excluding hydrogens is 461 g/mol. The summed E-state index contributed by atoms with van der Waals surface area (Å²) in [6, 6.07) is 5.71. The number of carbonyl (C=O) groups excluding carboxylic acids is 1. The van der Waals surface area contributed by atoms with E-state index in [0.717, 1.165) is 12.8 Å². The maximum Gasteiger partial charge on any atom is 1.00 e. The maximum atomic E-state index is 12.6. The number of benzene rings is 1. The van der Waals surface area contributed by atoms with Crippen LogP contribution >= 0.6 is 0 Å². The number of nitrogens with zero attached hydrogens (tertiary/aromatic N) is 4. The summed E-state index contributed by atoms with van der Waals surface area (Å²) in [5.74, 6) is 0.199. The van der Waals surface area contributed by atoms with Crippen LogP contribution in [0.25, 0.3) is 27.1 Å². The van der Waals surface area contributed by atoms with Crippen LogP contribution in [0.3, 0.4) is 0 Å². The van der Waals surface area contributed by atoms with E-state index in [4.69, 9.17) is 4.74 Å². The van der Waals surface area contributed by atoms with Gasteiger partial charge < -0.3 is 14.4 Å². The molecule has 10 nitrogen and oxygen atoms in total. The van der Waals surface area contributed by atoms with Gasteiger partial charge in [0.25, 0.3) is 5.56 Å². The number of sulfonamides is 1. The number of carbonyl (C=O) groups is 1. The van der Waals surface area contributed by atoms with Crippen LogP contribution in [0, 0.1) is 0 Å². The third kappa shape index (κ3) is 6.05. The van der Waals surface area contributed by atoms with Crippen LogP contribution in [0.5, 0.6) is 0 Å². The second kappa shape index (κ2) is 11.5. The molecule has 1 amide bonds. The molecule has 0 spiro atoms. The molecule has 0 aliphatic rings. The number of ether oxygens (including phenoxy) is 1. The Labute approximate surface area is 228 Å². The van der Waals surface area contributed by atoms with Gasteiger partial charge in [0.15, 0.2) is 5.52 Å². The fraction of sp³-hybridized carbons (Fsp3) is 0.400. The van der Waals surface area contributed by atoms with Crippen molar-refractivity contribution < 1.29 is 69.3 Å². The molecule has 0 bridgehead atoms. The Morgan fingerprint density at radius 3 is 2.69 bits per heavy atom. The first-order chi connectivity index (χ1) is 14.8. The molecule has 0 radical (unpaired) electrons. The average Bonchev–Trinajstić information content (AvgIpc) is 3.04. The molecule has 12 heteroatoms. The van der Waals surface area contributed by atoms with Crippen molar-refractivity contribution in [2.45, 2.75) is 44.4 Å². The Morgan fingerprint density at radius 2 is 2.00 bits per heavy atom. The van der Waals surface area contributed by atoms with Gasteiger partial charge >= 0.3 is 51.4 Å². The summed E-state index contributed by atoms with van der Waals surface area (Å²) in [4.78, 5) is 31.3. The number of fused-ring (bicyclic) bond motifs is 1. The van der Waals surface area contributed by atoms with Gasteiger partial charge in [-0.3, -0.25) is 14.3 Å². The molecule has 1 N–H and O–H groups in total. The van der Waals surface area contributed by atoms with Crippen molar-refractivity contribution in [1.82, 2.24) is 19.7 Å². The molecule has 0 aliphatic heterocycles. The Balaban J connectivity index is 0.00000363. The minimum absolute atomic E-state index is 0. The smallest absolute Gasteiger partial charge is 0.506 e. The topological polar surface area (TPSA) is 138 Å². The second-order valence-corrected chi connectivity index (χ2v) is 8.60. The number of aromatic nitrogens is 4. The normalized spacial score (nSPS) is 11.2. The molecule has 3 rings (SSSR count). The maximum absolute atomic E-state index is 12.6. The zero-order chi connectivity index (χ0) is 22.6.